The summed E-state index contributed by atoms with van der Waals surface area (Å²) in [6, 6.07) is 20.1. The number of aromatic nitrogens is 1. The predicted octanol–water partition coefficient (Wildman–Crippen LogP) is 5.35. The third-order valence-electron chi connectivity index (χ3n) is 6.70. The number of hydrogen-bond acceptors (Lipinski definition) is 7. The van der Waals surface area contributed by atoms with Gasteiger partial charge in [-0.25, -0.2) is 9.79 Å². The number of carbonyl (C=O) groups excluding carboxylic acids is 1. The van der Waals surface area contributed by atoms with E-state index in [1.807, 2.05) is 73.7 Å². The van der Waals surface area contributed by atoms with E-state index in [1.54, 1.807) is 31.6 Å². The van der Waals surface area contributed by atoms with Crippen LogP contribution < -0.4 is 24.4 Å². The highest BCUT2D eigenvalue weighted by Crippen LogP contribution is 2.31. The molecule has 0 amide bonds. The molecule has 5 rings (SSSR count). The zero-order valence-corrected chi connectivity index (χ0v) is 24.7. The Morgan fingerprint density at radius 1 is 1.05 bits per heavy atom. The maximum absolute atomic E-state index is 13.8. The highest BCUT2D eigenvalue weighted by molar-refractivity contribution is 7.07. The zero-order chi connectivity index (χ0) is 29.1. The zero-order valence-electron chi connectivity index (χ0n) is 23.1. The second kappa shape index (κ2) is 12.2. The van der Waals surface area contributed by atoms with Gasteiger partial charge in [-0.15, -0.1) is 0 Å². The van der Waals surface area contributed by atoms with Crippen molar-refractivity contribution in [1.82, 2.24) is 4.57 Å². The summed E-state index contributed by atoms with van der Waals surface area (Å²) in [5.41, 5.74) is 4.28. The number of allylic oxidation sites excluding steroid dienone is 1. The van der Waals surface area contributed by atoms with Crippen molar-refractivity contribution in [3.63, 3.8) is 0 Å². The van der Waals surface area contributed by atoms with Crippen LogP contribution in [0.25, 0.3) is 6.08 Å². The lowest BCUT2D eigenvalue weighted by Crippen LogP contribution is -2.39. The van der Waals surface area contributed by atoms with Crippen molar-refractivity contribution >= 4 is 35.0 Å². The molecule has 1 atom stereocenters. The molecule has 0 radical (unpaired) electrons. The van der Waals surface area contributed by atoms with E-state index < -0.39 is 12.0 Å². The maximum atomic E-state index is 13.8. The Morgan fingerprint density at radius 3 is 2.46 bits per heavy atom. The van der Waals surface area contributed by atoms with Crippen LogP contribution in [-0.2, 0) is 16.1 Å². The Hall–Kier alpha value is -4.14. The van der Waals surface area contributed by atoms with E-state index in [0.717, 1.165) is 22.3 Å². The molecule has 2 heterocycles. The van der Waals surface area contributed by atoms with Crippen LogP contribution in [-0.4, -0.2) is 24.3 Å². The topological polar surface area (TPSA) is 79.1 Å². The number of aryl methyl sites for hydroxylation is 1. The summed E-state index contributed by atoms with van der Waals surface area (Å²) in [5, 5.41) is 0.665. The Bertz CT molecular complexity index is 1800. The minimum absolute atomic E-state index is 0.224. The molecule has 3 aromatic carbocycles. The molecule has 0 spiro atoms. The molecule has 0 bridgehead atoms. The van der Waals surface area contributed by atoms with Crippen LogP contribution in [0.3, 0.4) is 0 Å². The van der Waals surface area contributed by atoms with Crippen LogP contribution in [0.2, 0.25) is 5.02 Å². The van der Waals surface area contributed by atoms with Gasteiger partial charge in [-0.1, -0.05) is 71.0 Å². The van der Waals surface area contributed by atoms with Gasteiger partial charge in [-0.3, -0.25) is 9.36 Å². The first-order valence-electron chi connectivity index (χ1n) is 13.1. The largest absolute Gasteiger partial charge is 0.493 e. The van der Waals surface area contributed by atoms with Crippen LogP contribution in [0, 0.1) is 6.92 Å². The van der Waals surface area contributed by atoms with Crippen molar-refractivity contribution in [2.75, 3.05) is 13.7 Å². The third kappa shape index (κ3) is 5.99. The Kier molecular flexibility index (Phi) is 8.42. The molecule has 210 valence electrons. The van der Waals surface area contributed by atoms with E-state index in [-0.39, 0.29) is 12.2 Å². The molecule has 9 heteroatoms. The highest BCUT2D eigenvalue weighted by Gasteiger charge is 2.33. The van der Waals surface area contributed by atoms with Crippen LogP contribution in [0.4, 0.5) is 0 Å². The van der Waals surface area contributed by atoms with Gasteiger partial charge in [0.2, 0.25) is 0 Å². The maximum Gasteiger partial charge on any atom is 0.338 e. The van der Waals surface area contributed by atoms with Crippen molar-refractivity contribution in [3.8, 4) is 11.5 Å². The lowest BCUT2D eigenvalue weighted by molar-refractivity contribution is -0.139. The van der Waals surface area contributed by atoms with Gasteiger partial charge < -0.3 is 14.2 Å². The quantitative estimate of drug-likeness (QED) is 0.259. The molecule has 41 heavy (non-hydrogen) atoms. The first-order chi connectivity index (χ1) is 19.8. The van der Waals surface area contributed by atoms with Crippen LogP contribution in [0.5, 0.6) is 11.5 Å². The number of halogens is 1. The fourth-order valence-corrected chi connectivity index (χ4v) is 5.81. The molecule has 0 saturated carbocycles. The van der Waals surface area contributed by atoms with Crippen LogP contribution >= 0.6 is 22.9 Å². The van der Waals surface area contributed by atoms with Crippen molar-refractivity contribution < 1.29 is 19.0 Å². The molecule has 0 fully saturated rings. The third-order valence-corrected chi connectivity index (χ3v) is 7.94. The number of rotatable bonds is 8. The molecule has 1 aliphatic rings. The minimum atomic E-state index is -0.647. The number of fused-ring (bicyclic) bond motifs is 1. The van der Waals surface area contributed by atoms with Crippen LogP contribution in [0.15, 0.2) is 87.8 Å². The number of esters is 1. The van der Waals surface area contributed by atoms with Crippen molar-refractivity contribution in [3.05, 3.63) is 125 Å². The molecule has 1 aliphatic heterocycles. The molecule has 4 aromatic rings. The Labute approximate surface area is 246 Å². The van der Waals surface area contributed by atoms with E-state index >= 15 is 0 Å². The monoisotopic (exact) mass is 588 g/mol. The molecule has 0 saturated heterocycles. The summed E-state index contributed by atoms with van der Waals surface area (Å²) in [7, 11) is 1.57. The lowest BCUT2D eigenvalue weighted by atomic mass is 9.95. The van der Waals surface area contributed by atoms with Crippen molar-refractivity contribution in [1.29, 1.82) is 0 Å². The van der Waals surface area contributed by atoms with Gasteiger partial charge >= 0.3 is 5.97 Å². The van der Waals surface area contributed by atoms with Gasteiger partial charge in [0.25, 0.3) is 5.56 Å². The normalized spacial score (nSPS) is 14.9. The van der Waals surface area contributed by atoms with E-state index in [1.165, 1.54) is 11.3 Å². The number of nitrogens with zero attached hydrogens (tertiary/aromatic N) is 2. The summed E-state index contributed by atoms with van der Waals surface area (Å²) < 4.78 is 19.0. The van der Waals surface area contributed by atoms with E-state index in [2.05, 4.69) is 4.99 Å². The molecular formula is C32H29ClN2O5S. The number of thiazole rings is 1. The summed E-state index contributed by atoms with van der Waals surface area (Å²) in [4.78, 5) is 32.1. The SMILES string of the molecule is CCOC(=O)C1=C(C)N=c2sc(=Cc3ccc(OCc4ccc(Cl)cc4)c(OC)c3)c(=O)n2C1c1ccc(C)cc1. The van der Waals surface area contributed by atoms with Gasteiger partial charge in [-0.05, 0) is 67.8 Å². The first kappa shape index (κ1) is 28.4. The van der Waals surface area contributed by atoms with E-state index in [4.69, 9.17) is 25.8 Å². The van der Waals surface area contributed by atoms with Crippen molar-refractivity contribution in [2.24, 2.45) is 4.99 Å². The van der Waals surface area contributed by atoms with Gasteiger partial charge in [-0.2, -0.15) is 0 Å². The molecule has 1 unspecified atom stereocenters. The molecule has 0 aliphatic carbocycles. The highest BCUT2D eigenvalue weighted by atomic mass is 35.5. The van der Waals surface area contributed by atoms with Gasteiger partial charge in [0.15, 0.2) is 16.3 Å². The molecule has 7 nitrogen and oxygen atoms in total. The summed E-state index contributed by atoms with van der Waals surface area (Å²) in [6.45, 7) is 6.10. The summed E-state index contributed by atoms with van der Waals surface area (Å²) in [5.74, 6) is 0.640. The van der Waals surface area contributed by atoms with E-state index in [0.29, 0.717) is 43.7 Å². The number of methoxy groups -OCH3 is 1. The number of ether oxygens (including phenoxy) is 3. The second-order valence-electron chi connectivity index (χ2n) is 9.54. The minimum Gasteiger partial charge on any atom is -0.493 e. The summed E-state index contributed by atoms with van der Waals surface area (Å²) in [6.07, 6.45) is 1.80. The van der Waals surface area contributed by atoms with Crippen LogP contribution in [0.1, 0.15) is 42.1 Å². The molecule has 0 N–H and O–H groups in total. The number of benzene rings is 3. The predicted molar refractivity (Wildman–Crippen MR) is 160 cm³/mol. The van der Waals surface area contributed by atoms with Gasteiger partial charge in [0, 0.05) is 5.02 Å². The number of hydrogen-bond donors (Lipinski definition) is 0. The molecule has 1 aromatic heterocycles. The summed E-state index contributed by atoms with van der Waals surface area (Å²) >= 11 is 7.25. The first-order valence-corrected chi connectivity index (χ1v) is 14.3. The van der Waals surface area contributed by atoms with Gasteiger partial charge in [0.1, 0.15) is 6.61 Å². The molecular weight excluding hydrogens is 560 g/mol. The van der Waals surface area contributed by atoms with Gasteiger partial charge in [0.05, 0.1) is 35.6 Å². The number of carbonyl (C=O) groups is 1. The average molecular weight is 589 g/mol. The lowest BCUT2D eigenvalue weighted by Gasteiger charge is -2.24. The van der Waals surface area contributed by atoms with E-state index in [9.17, 15) is 9.59 Å². The second-order valence-corrected chi connectivity index (χ2v) is 11.0. The fourth-order valence-electron chi connectivity index (χ4n) is 4.64. The Balaban J connectivity index is 1.53. The van der Waals surface area contributed by atoms with Crippen molar-refractivity contribution in [2.45, 2.75) is 33.4 Å². The standard InChI is InChI=1S/C32H29ClN2O5S/c1-5-39-31(37)28-20(3)34-32-35(29(28)23-11-6-19(2)7-12-23)30(36)27(41-32)17-22-10-15-25(26(16-22)38-4)40-18-21-8-13-24(33)14-9-21/h6-17,29H,5,18H2,1-4H3. The Morgan fingerprint density at radius 2 is 1.78 bits per heavy atom. The smallest absolute Gasteiger partial charge is 0.338 e. The average Bonchev–Trinajstić information content (AvgIpc) is 3.26. The fraction of sp³-hybridized carbons (Fsp3) is 0.219.